The van der Waals surface area contributed by atoms with Crippen molar-refractivity contribution in [2.24, 2.45) is 0 Å². The molecule has 0 unspecified atom stereocenters. The molecule has 1 aliphatic carbocycles. The van der Waals surface area contributed by atoms with Crippen molar-refractivity contribution in [2.45, 2.75) is 63.8 Å². The minimum atomic E-state index is 0. The Bertz CT molecular complexity index is 456. The zero-order valence-electron chi connectivity index (χ0n) is 13.6. The minimum Gasteiger partial charge on any atom is -0.399 e. The fourth-order valence-electron chi connectivity index (χ4n) is 3.21. The number of amides is 1. The third-order valence-electron chi connectivity index (χ3n) is 4.68. The van der Waals surface area contributed by atoms with Gasteiger partial charge in [0, 0.05) is 25.2 Å². The number of nitrogens with zero attached hydrogens (tertiary/aromatic N) is 1. The molecule has 0 aromatic heterocycles. The predicted molar refractivity (Wildman–Crippen MR) is 95.3 cm³/mol. The summed E-state index contributed by atoms with van der Waals surface area (Å²) in [6.07, 6.45) is 10.1. The number of carbonyl (C=O) groups is 1. The van der Waals surface area contributed by atoms with Crippen molar-refractivity contribution < 1.29 is 4.79 Å². The van der Waals surface area contributed by atoms with Gasteiger partial charge in [0.2, 0.25) is 5.91 Å². The molecule has 2 rings (SSSR count). The van der Waals surface area contributed by atoms with Crippen LogP contribution in [0.5, 0.6) is 0 Å². The standard InChI is InChI=1S/C18H28N2O.ClH/c1-20(16-10-5-3-2-4-6-11-16)18(21)14-13-15-9-7-8-12-17(15)19;/h7-9,12,16H,2-6,10-11,13-14,19H2,1H3;1H. The van der Waals surface area contributed by atoms with Crippen LogP contribution in [0.15, 0.2) is 24.3 Å². The van der Waals surface area contributed by atoms with Gasteiger partial charge in [-0.2, -0.15) is 0 Å². The van der Waals surface area contributed by atoms with Crippen LogP contribution in [0.25, 0.3) is 0 Å². The molecule has 1 saturated carbocycles. The van der Waals surface area contributed by atoms with Gasteiger partial charge in [-0.15, -0.1) is 12.4 Å². The highest BCUT2D eigenvalue weighted by Crippen LogP contribution is 2.21. The molecule has 0 saturated heterocycles. The second kappa shape index (κ2) is 9.73. The Balaban J connectivity index is 0.00000242. The number of carbonyl (C=O) groups excluding carboxylic acids is 1. The highest BCUT2D eigenvalue weighted by molar-refractivity contribution is 5.85. The van der Waals surface area contributed by atoms with Gasteiger partial charge in [0.25, 0.3) is 0 Å². The average molecular weight is 325 g/mol. The highest BCUT2D eigenvalue weighted by Gasteiger charge is 2.20. The number of anilines is 1. The van der Waals surface area contributed by atoms with E-state index in [0.717, 1.165) is 30.5 Å². The van der Waals surface area contributed by atoms with Crippen LogP contribution < -0.4 is 5.73 Å². The molecule has 0 heterocycles. The highest BCUT2D eigenvalue weighted by atomic mass is 35.5. The predicted octanol–water partition coefficient (Wildman–Crippen LogP) is 4.19. The number of rotatable bonds is 4. The van der Waals surface area contributed by atoms with E-state index < -0.39 is 0 Å². The Morgan fingerprint density at radius 1 is 1.14 bits per heavy atom. The lowest BCUT2D eigenvalue weighted by Gasteiger charge is -2.30. The number of hydrogen-bond acceptors (Lipinski definition) is 2. The van der Waals surface area contributed by atoms with Crippen LogP contribution in [0.3, 0.4) is 0 Å². The van der Waals surface area contributed by atoms with Crippen molar-refractivity contribution in [2.75, 3.05) is 12.8 Å². The number of para-hydroxylation sites is 1. The summed E-state index contributed by atoms with van der Waals surface area (Å²) in [5.41, 5.74) is 7.81. The number of nitrogens with two attached hydrogens (primary N) is 1. The van der Waals surface area contributed by atoms with Crippen LogP contribution in [0, 0.1) is 0 Å². The smallest absolute Gasteiger partial charge is 0.222 e. The lowest BCUT2D eigenvalue weighted by atomic mass is 9.95. The molecule has 124 valence electrons. The van der Waals surface area contributed by atoms with E-state index in [0.29, 0.717) is 12.5 Å². The monoisotopic (exact) mass is 324 g/mol. The Hall–Kier alpha value is -1.22. The zero-order valence-corrected chi connectivity index (χ0v) is 14.4. The van der Waals surface area contributed by atoms with Gasteiger partial charge in [0.1, 0.15) is 0 Å². The van der Waals surface area contributed by atoms with Crippen LogP contribution >= 0.6 is 12.4 Å². The van der Waals surface area contributed by atoms with Crippen molar-refractivity contribution in [3.05, 3.63) is 29.8 Å². The van der Waals surface area contributed by atoms with Crippen LogP contribution in [0.2, 0.25) is 0 Å². The molecule has 0 aliphatic heterocycles. The van der Waals surface area contributed by atoms with E-state index in [2.05, 4.69) is 0 Å². The summed E-state index contributed by atoms with van der Waals surface area (Å²) in [6, 6.07) is 8.26. The van der Waals surface area contributed by atoms with Crippen molar-refractivity contribution in [3.63, 3.8) is 0 Å². The first-order valence-corrected chi connectivity index (χ1v) is 8.27. The first-order chi connectivity index (χ1) is 10.2. The van der Waals surface area contributed by atoms with Gasteiger partial charge in [-0.1, -0.05) is 50.3 Å². The molecule has 0 atom stereocenters. The molecule has 1 aliphatic rings. The number of hydrogen-bond donors (Lipinski definition) is 1. The summed E-state index contributed by atoms with van der Waals surface area (Å²) in [4.78, 5) is 14.4. The second-order valence-electron chi connectivity index (χ2n) is 6.20. The van der Waals surface area contributed by atoms with Gasteiger partial charge in [-0.3, -0.25) is 4.79 Å². The Morgan fingerprint density at radius 2 is 1.73 bits per heavy atom. The summed E-state index contributed by atoms with van der Waals surface area (Å²) in [7, 11) is 1.98. The van der Waals surface area contributed by atoms with Crippen LogP contribution in [0.1, 0.15) is 56.9 Å². The topological polar surface area (TPSA) is 46.3 Å². The van der Waals surface area contributed by atoms with Gasteiger partial charge in [0.05, 0.1) is 0 Å². The van der Waals surface area contributed by atoms with E-state index in [1.807, 2.05) is 36.2 Å². The molecule has 0 spiro atoms. The lowest BCUT2D eigenvalue weighted by molar-refractivity contribution is -0.132. The fraction of sp³-hybridized carbons (Fsp3) is 0.611. The van der Waals surface area contributed by atoms with Crippen molar-refractivity contribution >= 4 is 24.0 Å². The van der Waals surface area contributed by atoms with E-state index in [1.54, 1.807) is 0 Å². The maximum atomic E-state index is 12.4. The molecular formula is C18H29ClN2O. The first kappa shape index (κ1) is 18.8. The molecular weight excluding hydrogens is 296 g/mol. The first-order valence-electron chi connectivity index (χ1n) is 8.27. The number of nitrogen functional groups attached to an aromatic ring is 1. The SMILES string of the molecule is CN(C(=O)CCc1ccccc1N)C1CCCCCCC1.Cl. The van der Waals surface area contributed by atoms with Crippen LogP contribution in [-0.4, -0.2) is 23.9 Å². The van der Waals surface area contributed by atoms with E-state index >= 15 is 0 Å². The zero-order chi connectivity index (χ0) is 15.1. The summed E-state index contributed by atoms with van der Waals surface area (Å²) < 4.78 is 0. The maximum Gasteiger partial charge on any atom is 0.222 e. The molecule has 4 heteroatoms. The second-order valence-corrected chi connectivity index (χ2v) is 6.20. The van der Waals surface area contributed by atoms with Gasteiger partial charge >= 0.3 is 0 Å². The largest absolute Gasteiger partial charge is 0.399 e. The van der Waals surface area contributed by atoms with Crippen LogP contribution in [0.4, 0.5) is 5.69 Å². The van der Waals surface area contributed by atoms with Gasteiger partial charge in [0.15, 0.2) is 0 Å². The van der Waals surface area contributed by atoms with E-state index in [9.17, 15) is 4.79 Å². The molecule has 1 amide bonds. The van der Waals surface area contributed by atoms with Crippen molar-refractivity contribution in [3.8, 4) is 0 Å². The Labute approximate surface area is 140 Å². The molecule has 22 heavy (non-hydrogen) atoms. The normalized spacial score (nSPS) is 16.2. The molecule has 1 aromatic rings. The number of halogens is 1. The minimum absolute atomic E-state index is 0. The summed E-state index contributed by atoms with van der Waals surface area (Å²) in [5, 5.41) is 0. The third-order valence-corrected chi connectivity index (χ3v) is 4.68. The molecule has 1 fully saturated rings. The van der Waals surface area contributed by atoms with E-state index in [1.165, 1.54) is 32.1 Å². The molecule has 0 bridgehead atoms. The van der Waals surface area contributed by atoms with Crippen LogP contribution in [-0.2, 0) is 11.2 Å². The van der Waals surface area contributed by atoms with Gasteiger partial charge < -0.3 is 10.6 Å². The summed E-state index contributed by atoms with van der Waals surface area (Å²) >= 11 is 0. The molecule has 1 aromatic carbocycles. The summed E-state index contributed by atoms with van der Waals surface area (Å²) in [6.45, 7) is 0. The number of benzene rings is 1. The molecule has 0 radical (unpaired) electrons. The maximum absolute atomic E-state index is 12.4. The third kappa shape index (κ3) is 5.53. The quantitative estimate of drug-likeness (QED) is 0.844. The van der Waals surface area contributed by atoms with Crippen molar-refractivity contribution in [1.82, 2.24) is 4.90 Å². The lowest BCUT2D eigenvalue weighted by Crippen LogP contribution is -2.37. The Kier molecular flexibility index (Phi) is 8.32. The summed E-state index contributed by atoms with van der Waals surface area (Å²) in [5.74, 6) is 0.254. The number of aryl methyl sites for hydroxylation is 1. The average Bonchev–Trinajstić information content (AvgIpc) is 2.45. The van der Waals surface area contributed by atoms with E-state index in [-0.39, 0.29) is 18.3 Å². The Morgan fingerprint density at radius 3 is 2.36 bits per heavy atom. The molecule has 2 N–H and O–H groups in total. The van der Waals surface area contributed by atoms with E-state index in [4.69, 9.17) is 5.73 Å². The fourth-order valence-corrected chi connectivity index (χ4v) is 3.21. The van der Waals surface area contributed by atoms with Crippen molar-refractivity contribution in [1.29, 1.82) is 0 Å². The van der Waals surface area contributed by atoms with Gasteiger partial charge in [-0.05, 0) is 30.9 Å². The molecule has 3 nitrogen and oxygen atoms in total. The van der Waals surface area contributed by atoms with Gasteiger partial charge in [-0.25, -0.2) is 0 Å².